The Morgan fingerprint density at radius 2 is 2.17 bits per heavy atom. The van der Waals surface area contributed by atoms with Gasteiger partial charge in [0.2, 0.25) is 0 Å². The Kier molecular flexibility index (Phi) is 6.70. The molecule has 0 amide bonds. The predicted octanol–water partition coefficient (Wildman–Crippen LogP) is 0.303. The maximum Gasteiger partial charge on any atom is 0.322 e. The van der Waals surface area contributed by atoms with Crippen LogP contribution in [0.15, 0.2) is 0 Å². The molecular weight excluding hydrogens is 158 g/mol. The highest BCUT2D eigenvalue weighted by atomic mass is 16.5. The summed E-state index contributed by atoms with van der Waals surface area (Å²) < 4.78 is 9.61. The molecule has 0 unspecified atom stereocenters. The third-order valence-electron chi connectivity index (χ3n) is 1.43. The summed E-state index contributed by atoms with van der Waals surface area (Å²) in [6.07, 6.45) is 1.50. The highest BCUT2D eigenvalue weighted by Gasteiger charge is 2.12. The molecule has 0 saturated heterocycles. The number of carbonyl (C=O) groups excluding carboxylic acids is 1. The molecule has 4 heteroatoms. The topological polar surface area (TPSA) is 61.5 Å². The molecule has 0 aromatic carbocycles. The maximum absolute atomic E-state index is 10.8. The van der Waals surface area contributed by atoms with Crippen LogP contribution < -0.4 is 5.73 Å². The molecule has 72 valence electrons. The van der Waals surface area contributed by atoms with Crippen molar-refractivity contribution < 1.29 is 14.3 Å². The lowest BCUT2D eigenvalue weighted by atomic mass is 10.2. The molecule has 0 fully saturated rings. The van der Waals surface area contributed by atoms with Crippen LogP contribution in [0.3, 0.4) is 0 Å². The minimum absolute atomic E-state index is 0.380. The predicted molar refractivity (Wildman–Crippen MR) is 45.7 cm³/mol. The highest BCUT2D eigenvalue weighted by Crippen LogP contribution is 1.92. The Balaban J connectivity index is 3.31. The zero-order chi connectivity index (χ0) is 9.40. The smallest absolute Gasteiger partial charge is 0.322 e. The fourth-order valence-corrected chi connectivity index (χ4v) is 0.726. The van der Waals surface area contributed by atoms with E-state index in [1.807, 2.05) is 6.92 Å². The molecule has 4 nitrogen and oxygen atoms in total. The molecule has 0 aliphatic heterocycles. The Morgan fingerprint density at radius 1 is 1.50 bits per heavy atom. The number of methoxy groups -OCH3 is 1. The minimum Gasteiger partial charge on any atom is -0.468 e. The molecule has 0 spiro atoms. The van der Waals surface area contributed by atoms with Crippen molar-refractivity contribution >= 4 is 5.97 Å². The highest BCUT2D eigenvalue weighted by molar-refractivity contribution is 5.75. The average Bonchev–Trinajstić information content (AvgIpc) is 2.10. The van der Waals surface area contributed by atoms with Crippen molar-refractivity contribution in [2.45, 2.75) is 25.8 Å². The van der Waals surface area contributed by atoms with E-state index in [0.717, 1.165) is 6.42 Å². The van der Waals surface area contributed by atoms with Crippen LogP contribution in [0.5, 0.6) is 0 Å². The first-order chi connectivity index (χ1) is 5.72. The summed E-state index contributed by atoms with van der Waals surface area (Å²) >= 11 is 0. The van der Waals surface area contributed by atoms with Crippen molar-refractivity contribution in [1.29, 1.82) is 0 Å². The van der Waals surface area contributed by atoms with E-state index in [1.165, 1.54) is 7.11 Å². The number of esters is 1. The summed E-state index contributed by atoms with van der Waals surface area (Å²) in [4.78, 5) is 10.8. The van der Waals surface area contributed by atoms with Crippen LogP contribution >= 0.6 is 0 Å². The summed E-state index contributed by atoms with van der Waals surface area (Å²) in [6, 6.07) is -0.549. The van der Waals surface area contributed by atoms with E-state index in [9.17, 15) is 4.79 Å². The summed E-state index contributed by atoms with van der Waals surface area (Å²) in [5.41, 5.74) is 5.46. The molecule has 1 atom stereocenters. The van der Waals surface area contributed by atoms with Gasteiger partial charge >= 0.3 is 5.97 Å². The van der Waals surface area contributed by atoms with Crippen LogP contribution in [0.4, 0.5) is 0 Å². The van der Waals surface area contributed by atoms with E-state index < -0.39 is 6.04 Å². The SMILES string of the molecule is CCCOCC[C@H](N)C(=O)OC. The minimum atomic E-state index is -0.549. The summed E-state index contributed by atoms with van der Waals surface area (Å²) in [5, 5.41) is 0. The second-order valence-corrected chi connectivity index (χ2v) is 2.53. The number of hydrogen-bond acceptors (Lipinski definition) is 4. The van der Waals surface area contributed by atoms with Crippen molar-refractivity contribution in [3.05, 3.63) is 0 Å². The maximum atomic E-state index is 10.8. The van der Waals surface area contributed by atoms with Gasteiger partial charge in [0.15, 0.2) is 0 Å². The fourth-order valence-electron chi connectivity index (χ4n) is 0.726. The second kappa shape index (κ2) is 7.06. The summed E-state index contributed by atoms with van der Waals surface area (Å²) in [7, 11) is 1.33. The van der Waals surface area contributed by atoms with Gasteiger partial charge in [0.25, 0.3) is 0 Å². The van der Waals surface area contributed by atoms with Crippen LogP contribution in [-0.4, -0.2) is 32.3 Å². The monoisotopic (exact) mass is 175 g/mol. The van der Waals surface area contributed by atoms with E-state index >= 15 is 0 Å². The Bertz CT molecular complexity index is 127. The van der Waals surface area contributed by atoms with Gasteiger partial charge in [-0.05, 0) is 12.8 Å². The van der Waals surface area contributed by atoms with Crippen molar-refractivity contribution in [1.82, 2.24) is 0 Å². The zero-order valence-electron chi connectivity index (χ0n) is 7.71. The molecule has 0 aliphatic rings. The van der Waals surface area contributed by atoms with E-state index in [-0.39, 0.29) is 5.97 Å². The molecule has 2 N–H and O–H groups in total. The van der Waals surface area contributed by atoms with Gasteiger partial charge in [-0.1, -0.05) is 6.92 Å². The number of hydrogen-bond donors (Lipinski definition) is 1. The quantitative estimate of drug-likeness (QED) is 0.466. The normalized spacial score (nSPS) is 12.6. The van der Waals surface area contributed by atoms with Crippen LogP contribution in [0, 0.1) is 0 Å². The van der Waals surface area contributed by atoms with Crippen LogP contribution in [0.2, 0.25) is 0 Å². The number of rotatable bonds is 6. The largest absolute Gasteiger partial charge is 0.468 e. The van der Waals surface area contributed by atoms with Gasteiger partial charge in [-0.2, -0.15) is 0 Å². The lowest BCUT2D eigenvalue weighted by Crippen LogP contribution is -2.32. The molecule has 0 aromatic rings. The molecular formula is C8H17NO3. The van der Waals surface area contributed by atoms with Gasteiger partial charge in [-0.15, -0.1) is 0 Å². The third-order valence-corrected chi connectivity index (χ3v) is 1.43. The van der Waals surface area contributed by atoms with Crippen LogP contribution in [-0.2, 0) is 14.3 Å². The molecule has 12 heavy (non-hydrogen) atoms. The Hall–Kier alpha value is -0.610. The Morgan fingerprint density at radius 3 is 2.67 bits per heavy atom. The first-order valence-electron chi connectivity index (χ1n) is 4.13. The lowest BCUT2D eigenvalue weighted by molar-refractivity contribution is -0.142. The fraction of sp³-hybridized carbons (Fsp3) is 0.875. The molecule has 0 aliphatic carbocycles. The zero-order valence-corrected chi connectivity index (χ0v) is 7.71. The first kappa shape index (κ1) is 11.4. The summed E-state index contributed by atoms with van der Waals surface area (Å²) in [6.45, 7) is 3.26. The number of nitrogens with two attached hydrogens (primary N) is 1. The number of ether oxygens (including phenoxy) is 2. The Labute approximate surface area is 73.0 Å². The molecule has 0 aromatic heterocycles. The van der Waals surface area contributed by atoms with E-state index in [1.54, 1.807) is 0 Å². The van der Waals surface area contributed by atoms with Crippen molar-refractivity contribution in [3.8, 4) is 0 Å². The van der Waals surface area contributed by atoms with Gasteiger partial charge < -0.3 is 15.2 Å². The second-order valence-electron chi connectivity index (χ2n) is 2.53. The molecule has 0 rings (SSSR count). The van der Waals surface area contributed by atoms with E-state index in [2.05, 4.69) is 4.74 Å². The first-order valence-corrected chi connectivity index (χ1v) is 4.13. The van der Waals surface area contributed by atoms with Gasteiger partial charge in [0, 0.05) is 13.2 Å². The van der Waals surface area contributed by atoms with Crippen LogP contribution in [0.1, 0.15) is 19.8 Å². The number of carbonyl (C=O) groups is 1. The van der Waals surface area contributed by atoms with Crippen molar-refractivity contribution in [2.24, 2.45) is 5.73 Å². The standard InChI is InChI=1S/C8H17NO3/c1-3-5-12-6-4-7(9)8(10)11-2/h7H,3-6,9H2,1-2H3/t7-/m0/s1. The molecule has 0 radical (unpaired) electrons. The van der Waals surface area contributed by atoms with Gasteiger partial charge in [0.1, 0.15) is 6.04 Å². The van der Waals surface area contributed by atoms with Gasteiger partial charge in [-0.25, -0.2) is 0 Å². The average molecular weight is 175 g/mol. The summed E-state index contributed by atoms with van der Waals surface area (Å²) in [5.74, 6) is -0.380. The van der Waals surface area contributed by atoms with Gasteiger partial charge in [0.05, 0.1) is 7.11 Å². The van der Waals surface area contributed by atoms with Crippen molar-refractivity contribution in [2.75, 3.05) is 20.3 Å². The lowest BCUT2D eigenvalue weighted by Gasteiger charge is -2.08. The molecule has 0 heterocycles. The molecule has 0 bridgehead atoms. The van der Waals surface area contributed by atoms with Gasteiger partial charge in [-0.3, -0.25) is 4.79 Å². The van der Waals surface area contributed by atoms with E-state index in [0.29, 0.717) is 19.6 Å². The van der Waals surface area contributed by atoms with E-state index in [4.69, 9.17) is 10.5 Å². The third kappa shape index (κ3) is 5.09. The van der Waals surface area contributed by atoms with Crippen LogP contribution in [0.25, 0.3) is 0 Å². The van der Waals surface area contributed by atoms with Crippen molar-refractivity contribution in [3.63, 3.8) is 0 Å². The molecule has 0 saturated carbocycles.